The Morgan fingerprint density at radius 2 is 2.00 bits per heavy atom. The number of nitrogens with zero attached hydrogens (tertiary/aromatic N) is 2. The maximum Gasteiger partial charge on any atom is 0.196 e. The zero-order valence-corrected chi connectivity index (χ0v) is 14.6. The number of rotatable bonds is 4. The van der Waals surface area contributed by atoms with E-state index >= 15 is 0 Å². The molecule has 0 spiro atoms. The van der Waals surface area contributed by atoms with Crippen molar-refractivity contribution in [2.24, 2.45) is 0 Å². The van der Waals surface area contributed by atoms with Gasteiger partial charge in [-0.2, -0.15) is 0 Å². The molecule has 0 bridgehead atoms. The number of anilines is 2. The highest BCUT2D eigenvalue weighted by Gasteiger charge is 2.16. The van der Waals surface area contributed by atoms with Crippen LogP contribution in [0.25, 0.3) is 22.1 Å². The minimum atomic E-state index is 0.596. The van der Waals surface area contributed by atoms with Gasteiger partial charge in [0, 0.05) is 16.8 Å². The number of halogens is 1. The van der Waals surface area contributed by atoms with E-state index in [1.54, 1.807) is 19.2 Å². The minimum absolute atomic E-state index is 0.596. The molecule has 2 aromatic heterocycles. The summed E-state index contributed by atoms with van der Waals surface area (Å²) in [4.78, 5) is 9.24. The van der Waals surface area contributed by atoms with Gasteiger partial charge in [-0.05, 0) is 30.3 Å². The number of benzene rings is 2. The first-order valence-electron chi connectivity index (χ1n) is 7.98. The predicted molar refractivity (Wildman–Crippen MR) is 100.0 cm³/mol. The summed E-state index contributed by atoms with van der Waals surface area (Å²) < 4.78 is 11.4. The first-order valence-corrected chi connectivity index (χ1v) is 8.36. The van der Waals surface area contributed by atoms with Crippen LogP contribution < -0.4 is 10.1 Å². The fraction of sp³-hybridized carbons (Fsp3) is 0.158. The maximum absolute atomic E-state index is 6.13. The summed E-state index contributed by atoms with van der Waals surface area (Å²) in [5.41, 5.74) is 2.91. The van der Waals surface area contributed by atoms with E-state index in [-0.39, 0.29) is 0 Å². The smallest absolute Gasteiger partial charge is 0.196 e. The van der Waals surface area contributed by atoms with Crippen LogP contribution in [-0.4, -0.2) is 17.1 Å². The average molecular weight is 354 g/mol. The van der Waals surface area contributed by atoms with Crippen molar-refractivity contribution in [3.05, 3.63) is 53.3 Å². The zero-order chi connectivity index (χ0) is 17.4. The molecule has 6 heteroatoms. The van der Waals surface area contributed by atoms with Crippen LogP contribution in [0.15, 0.2) is 46.9 Å². The lowest BCUT2D eigenvalue weighted by atomic mass is 10.2. The molecule has 0 aliphatic heterocycles. The Morgan fingerprint density at radius 1 is 1.16 bits per heavy atom. The molecule has 1 N–H and O–H groups in total. The molecule has 5 nitrogen and oxygen atoms in total. The van der Waals surface area contributed by atoms with Gasteiger partial charge in [0.15, 0.2) is 11.4 Å². The van der Waals surface area contributed by atoms with Crippen molar-refractivity contribution in [3.63, 3.8) is 0 Å². The third-order valence-corrected chi connectivity index (χ3v) is 4.23. The Kier molecular flexibility index (Phi) is 3.93. The van der Waals surface area contributed by atoms with Gasteiger partial charge in [0.2, 0.25) is 0 Å². The van der Waals surface area contributed by atoms with E-state index in [1.165, 1.54) is 0 Å². The Bertz CT molecular complexity index is 1080. The average Bonchev–Trinajstić information content (AvgIpc) is 3.01. The molecule has 0 unspecified atom stereocenters. The number of ether oxygens (including phenoxy) is 1. The second kappa shape index (κ2) is 6.26. The van der Waals surface area contributed by atoms with E-state index in [2.05, 4.69) is 15.3 Å². The molecule has 2 heterocycles. The van der Waals surface area contributed by atoms with Crippen molar-refractivity contribution in [1.29, 1.82) is 0 Å². The quantitative estimate of drug-likeness (QED) is 0.536. The van der Waals surface area contributed by atoms with E-state index in [0.29, 0.717) is 22.2 Å². The Morgan fingerprint density at radius 3 is 2.80 bits per heavy atom. The highest BCUT2D eigenvalue weighted by atomic mass is 35.5. The van der Waals surface area contributed by atoms with Gasteiger partial charge in [-0.1, -0.05) is 30.7 Å². The molecular formula is C19H16ClN3O2. The molecule has 0 saturated heterocycles. The van der Waals surface area contributed by atoms with E-state index in [9.17, 15) is 0 Å². The molecule has 0 atom stereocenters. The third kappa shape index (κ3) is 2.76. The lowest BCUT2D eigenvalue weighted by Gasteiger charge is -2.11. The number of hydrogen-bond acceptors (Lipinski definition) is 5. The largest absolute Gasteiger partial charge is 0.495 e. The number of fused-ring (bicyclic) bond motifs is 3. The number of furan rings is 1. The van der Waals surface area contributed by atoms with Gasteiger partial charge in [0.25, 0.3) is 0 Å². The summed E-state index contributed by atoms with van der Waals surface area (Å²) >= 11 is 6.13. The van der Waals surface area contributed by atoms with Crippen molar-refractivity contribution in [3.8, 4) is 5.75 Å². The van der Waals surface area contributed by atoms with E-state index in [1.807, 2.05) is 37.3 Å². The molecule has 4 aromatic rings. The van der Waals surface area contributed by atoms with Crippen molar-refractivity contribution in [2.75, 3.05) is 12.4 Å². The van der Waals surface area contributed by atoms with Crippen LogP contribution in [0.3, 0.4) is 0 Å². The van der Waals surface area contributed by atoms with Gasteiger partial charge in [-0.15, -0.1) is 0 Å². The highest BCUT2D eigenvalue weighted by Crippen LogP contribution is 2.35. The first kappa shape index (κ1) is 15.7. The van der Waals surface area contributed by atoms with Gasteiger partial charge in [-0.25, -0.2) is 9.97 Å². The van der Waals surface area contributed by atoms with Crippen molar-refractivity contribution in [2.45, 2.75) is 13.3 Å². The fourth-order valence-corrected chi connectivity index (χ4v) is 2.96. The molecule has 4 rings (SSSR count). The van der Waals surface area contributed by atoms with Crippen LogP contribution in [0.2, 0.25) is 5.02 Å². The van der Waals surface area contributed by atoms with Crippen molar-refractivity contribution < 1.29 is 9.15 Å². The topological polar surface area (TPSA) is 60.2 Å². The lowest BCUT2D eigenvalue weighted by Crippen LogP contribution is -2.01. The number of aromatic nitrogens is 2. The number of hydrogen-bond donors (Lipinski definition) is 1. The van der Waals surface area contributed by atoms with E-state index < -0.39 is 0 Å². The van der Waals surface area contributed by atoms with E-state index in [0.717, 1.165) is 34.4 Å². The van der Waals surface area contributed by atoms with Crippen molar-refractivity contribution >= 4 is 45.2 Å². The monoisotopic (exact) mass is 353 g/mol. The van der Waals surface area contributed by atoms with Crippen LogP contribution in [-0.2, 0) is 6.42 Å². The highest BCUT2D eigenvalue weighted by molar-refractivity contribution is 6.31. The summed E-state index contributed by atoms with van der Waals surface area (Å²) in [5, 5.41) is 4.86. The SMILES string of the molecule is CCc1nc(Nc2cc(Cl)ccc2OC)c2oc3ccccc3c2n1. The molecule has 0 aliphatic rings. The standard InChI is InChI=1S/C19H16ClN3O2/c1-3-16-22-17-12-6-4-5-7-14(12)25-18(17)19(23-16)21-13-10-11(20)8-9-15(13)24-2/h4-10H,3H2,1-2H3,(H,21,22,23). The fourth-order valence-electron chi connectivity index (χ4n) is 2.79. The van der Waals surface area contributed by atoms with Crippen LogP contribution in [0.1, 0.15) is 12.7 Å². The summed E-state index contributed by atoms with van der Waals surface area (Å²) in [6.45, 7) is 2.02. The second-order valence-corrected chi connectivity index (χ2v) is 6.02. The number of methoxy groups -OCH3 is 1. The van der Waals surface area contributed by atoms with Crippen LogP contribution in [0, 0.1) is 0 Å². The van der Waals surface area contributed by atoms with Gasteiger partial charge in [0.05, 0.1) is 12.8 Å². The summed E-state index contributed by atoms with van der Waals surface area (Å²) in [5.74, 6) is 2.01. The van der Waals surface area contributed by atoms with Crippen molar-refractivity contribution in [1.82, 2.24) is 9.97 Å². The summed E-state index contributed by atoms with van der Waals surface area (Å²) in [6.07, 6.45) is 0.719. The van der Waals surface area contributed by atoms with Crippen LogP contribution in [0.5, 0.6) is 5.75 Å². The van der Waals surface area contributed by atoms with E-state index in [4.69, 9.17) is 20.8 Å². The second-order valence-electron chi connectivity index (χ2n) is 5.59. The molecule has 2 aromatic carbocycles. The number of aryl methyl sites for hydroxylation is 1. The number of para-hydroxylation sites is 1. The maximum atomic E-state index is 6.13. The van der Waals surface area contributed by atoms with Gasteiger partial charge in [-0.3, -0.25) is 0 Å². The predicted octanol–water partition coefficient (Wildman–Crippen LogP) is 5.34. The summed E-state index contributed by atoms with van der Waals surface area (Å²) in [6, 6.07) is 13.2. The minimum Gasteiger partial charge on any atom is -0.495 e. The molecule has 0 radical (unpaired) electrons. The molecule has 0 aliphatic carbocycles. The number of nitrogens with one attached hydrogen (secondary N) is 1. The molecule has 126 valence electrons. The molecule has 25 heavy (non-hydrogen) atoms. The van der Waals surface area contributed by atoms with Gasteiger partial charge in [0.1, 0.15) is 22.7 Å². The van der Waals surface area contributed by atoms with Gasteiger partial charge < -0.3 is 14.5 Å². The normalized spacial score (nSPS) is 11.2. The molecule has 0 saturated carbocycles. The lowest BCUT2D eigenvalue weighted by molar-refractivity contribution is 0.417. The summed E-state index contributed by atoms with van der Waals surface area (Å²) in [7, 11) is 1.61. The third-order valence-electron chi connectivity index (χ3n) is 4.00. The molecule has 0 amide bonds. The Balaban J connectivity index is 1.93. The van der Waals surface area contributed by atoms with Crippen LogP contribution in [0.4, 0.5) is 11.5 Å². The zero-order valence-electron chi connectivity index (χ0n) is 13.8. The Labute approximate surface area is 149 Å². The van der Waals surface area contributed by atoms with Crippen LogP contribution >= 0.6 is 11.6 Å². The van der Waals surface area contributed by atoms with Gasteiger partial charge >= 0.3 is 0 Å². The Hall–Kier alpha value is -2.79. The first-order chi connectivity index (χ1) is 12.2. The molecular weight excluding hydrogens is 338 g/mol. The molecule has 0 fully saturated rings.